The Kier molecular flexibility index (Phi) is 4.56. The zero-order valence-corrected chi connectivity index (χ0v) is 9.44. The van der Waals surface area contributed by atoms with E-state index in [4.69, 9.17) is 22.1 Å². The van der Waals surface area contributed by atoms with Crippen molar-refractivity contribution in [1.29, 1.82) is 0 Å². The van der Waals surface area contributed by atoms with Gasteiger partial charge in [0.25, 0.3) is 0 Å². The van der Waals surface area contributed by atoms with Gasteiger partial charge < -0.3 is 10.5 Å². The second-order valence-electron chi connectivity index (χ2n) is 2.54. The summed E-state index contributed by atoms with van der Waals surface area (Å²) in [5.74, 6) is 0.692. The first kappa shape index (κ1) is 10.8. The SMILES string of the molecule is NCCCOc1c(Cl)cccc1Br. The molecule has 1 rings (SSSR count). The number of hydrogen-bond donors (Lipinski definition) is 1. The summed E-state index contributed by atoms with van der Waals surface area (Å²) in [6.07, 6.45) is 0.831. The third kappa shape index (κ3) is 3.18. The van der Waals surface area contributed by atoms with E-state index in [-0.39, 0.29) is 0 Å². The van der Waals surface area contributed by atoms with Gasteiger partial charge in [0.2, 0.25) is 0 Å². The topological polar surface area (TPSA) is 35.2 Å². The van der Waals surface area contributed by atoms with E-state index >= 15 is 0 Å². The van der Waals surface area contributed by atoms with E-state index in [1.54, 1.807) is 6.07 Å². The quantitative estimate of drug-likeness (QED) is 0.849. The van der Waals surface area contributed by atoms with Gasteiger partial charge in [0.1, 0.15) is 0 Å². The van der Waals surface area contributed by atoms with Crippen LogP contribution in [0, 0.1) is 0 Å². The third-order valence-electron chi connectivity index (χ3n) is 1.51. The Balaban J connectivity index is 2.64. The van der Waals surface area contributed by atoms with Crippen LogP contribution in [0.15, 0.2) is 22.7 Å². The first-order valence-electron chi connectivity index (χ1n) is 4.02. The van der Waals surface area contributed by atoms with Crippen LogP contribution >= 0.6 is 27.5 Å². The van der Waals surface area contributed by atoms with Crippen molar-refractivity contribution >= 4 is 27.5 Å². The minimum atomic E-state index is 0.596. The molecule has 0 fully saturated rings. The Bertz CT molecular complexity index is 260. The highest BCUT2D eigenvalue weighted by atomic mass is 79.9. The molecular formula is C9H11BrClNO. The Morgan fingerprint density at radius 2 is 2.23 bits per heavy atom. The molecule has 0 aromatic heterocycles. The van der Waals surface area contributed by atoms with Crippen molar-refractivity contribution in [2.75, 3.05) is 13.2 Å². The molecule has 2 N–H and O–H groups in total. The van der Waals surface area contributed by atoms with Crippen molar-refractivity contribution in [2.45, 2.75) is 6.42 Å². The van der Waals surface area contributed by atoms with Gasteiger partial charge in [-0.1, -0.05) is 17.7 Å². The van der Waals surface area contributed by atoms with Crippen LogP contribution in [-0.4, -0.2) is 13.2 Å². The number of halogens is 2. The monoisotopic (exact) mass is 263 g/mol. The molecule has 0 spiro atoms. The van der Waals surface area contributed by atoms with Crippen LogP contribution in [-0.2, 0) is 0 Å². The van der Waals surface area contributed by atoms with Gasteiger partial charge in [-0.2, -0.15) is 0 Å². The highest BCUT2D eigenvalue weighted by molar-refractivity contribution is 9.10. The molecule has 13 heavy (non-hydrogen) atoms. The van der Waals surface area contributed by atoms with Crippen molar-refractivity contribution in [3.05, 3.63) is 27.7 Å². The summed E-state index contributed by atoms with van der Waals surface area (Å²) >= 11 is 9.28. The largest absolute Gasteiger partial charge is 0.491 e. The van der Waals surface area contributed by atoms with Crippen molar-refractivity contribution in [3.8, 4) is 5.75 Å². The third-order valence-corrected chi connectivity index (χ3v) is 2.44. The lowest BCUT2D eigenvalue weighted by Gasteiger charge is -2.08. The summed E-state index contributed by atoms with van der Waals surface area (Å²) in [6, 6.07) is 5.55. The van der Waals surface area contributed by atoms with Gasteiger partial charge in [-0.3, -0.25) is 0 Å². The van der Waals surface area contributed by atoms with Crippen LogP contribution in [0.3, 0.4) is 0 Å². The van der Waals surface area contributed by atoms with E-state index in [2.05, 4.69) is 15.9 Å². The number of rotatable bonds is 4. The molecule has 0 aliphatic rings. The fourth-order valence-corrected chi connectivity index (χ4v) is 1.70. The van der Waals surface area contributed by atoms with Gasteiger partial charge in [-0.25, -0.2) is 0 Å². The summed E-state index contributed by atoms with van der Waals surface area (Å²) in [6.45, 7) is 1.22. The molecule has 0 aliphatic carbocycles. The van der Waals surface area contributed by atoms with E-state index in [0.29, 0.717) is 23.9 Å². The fourth-order valence-electron chi connectivity index (χ4n) is 0.878. The van der Waals surface area contributed by atoms with Crippen LogP contribution in [0.5, 0.6) is 5.75 Å². The molecule has 0 atom stereocenters. The molecule has 0 radical (unpaired) electrons. The van der Waals surface area contributed by atoms with E-state index in [1.807, 2.05) is 12.1 Å². The second-order valence-corrected chi connectivity index (χ2v) is 3.80. The van der Waals surface area contributed by atoms with Crippen LogP contribution < -0.4 is 10.5 Å². The fraction of sp³-hybridized carbons (Fsp3) is 0.333. The highest BCUT2D eigenvalue weighted by Crippen LogP contribution is 2.32. The molecule has 0 amide bonds. The number of ether oxygens (including phenoxy) is 1. The van der Waals surface area contributed by atoms with Gasteiger partial charge in [-0.05, 0) is 41.0 Å². The van der Waals surface area contributed by atoms with Gasteiger partial charge in [0.15, 0.2) is 5.75 Å². The Hall–Kier alpha value is -0.250. The smallest absolute Gasteiger partial charge is 0.152 e. The van der Waals surface area contributed by atoms with Gasteiger partial charge in [0.05, 0.1) is 16.1 Å². The van der Waals surface area contributed by atoms with Crippen LogP contribution in [0.2, 0.25) is 5.02 Å². The minimum absolute atomic E-state index is 0.596. The molecule has 0 heterocycles. The maximum absolute atomic E-state index is 5.92. The summed E-state index contributed by atoms with van der Waals surface area (Å²) in [4.78, 5) is 0. The van der Waals surface area contributed by atoms with Gasteiger partial charge in [-0.15, -0.1) is 0 Å². The molecular weight excluding hydrogens is 253 g/mol. The predicted octanol–water partition coefficient (Wildman–Crippen LogP) is 2.83. The molecule has 0 aliphatic heterocycles. The maximum Gasteiger partial charge on any atom is 0.152 e. The molecule has 0 saturated heterocycles. The Morgan fingerprint density at radius 3 is 2.85 bits per heavy atom. The van der Waals surface area contributed by atoms with Crippen LogP contribution in [0.4, 0.5) is 0 Å². The molecule has 2 nitrogen and oxygen atoms in total. The molecule has 72 valence electrons. The van der Waals surface area contributed by atoms with Crippen molar-refractivity contribution in [1.82, 2.24) is 0 Å². The lowest BCUT2D eigenvalue weighted by molar-refractivity contribution is 0.312. The zero-order chi connectivity index (χ0) is 9.68. The summed E-state index contributed by atoms with van der Waals surface area (Å²) in [5, 5.41) is 0.617. The molecule has 0 saturated carbocycles. The average Bonchev–Trinajstić information content (AvgIpc) is 2.10. The highest BCUT2D eigenvalue weighted by Gasteiger charge is 2.04. The zero-order valence-electron chi connectivity index (χ0n) is 7.09. The summed E-state index contributed by atoms with van der Waals surface area (Å²) in [5.41, 5.74) is 5.34. The number of para-hydroxylation sites is 1. The average molecular weight is 265 g/mol. The Morgan fingerprint density at radius 1 is 1.46 bits per heavy atom. The molecule has 4 heteroatoms. The lowest BCUT2D eigenvalue weighted by atomic mass is 10.3. The molecule has 1 aromatic carbocycles. The van der Waals surface area contributed by atoms with Crippen molar-refractivity contribution in [2.24, 2.45) is 5.73 Å². The standard InChI is InChI=1S/C9H11BrClNO/c10-7-3-1-4-8(11)9(7)13-6-2-5-12/h1,3-4H,2,5-6,12H2. The molecule has 0 bridgehead atoms. The van der Waals surface area contributed by atoms with Crippen LogP contribution in [0.25, 0.3) is 0 Å². The molecule has 0 unspecified atom stereocenters. The van der Waals surface area contributed by atoms with E-state index in [0.717, 1.165) is 10.9 Å². The maximum atomic E-state index is 5.92. The number of benzene rings is 1. The first-order chi connectivity index (χ1) is 6.25. The van der Waals surface area contributed by atoms with E-state index < -0.39 is 0 Å². The van der Waals surface area contributed by atoms with E-state index in [9.17, 15) is 0 Å². The Labute approximate surface area is 91.2 Å². The second kappa shape index (κ2) is 5.47. The van der Waals surface area contributed by atoms with Crippen LogP contribution in [0.1, 0.15) is 6.42 Å². The normalized spacial score (nSPS) is 10.1. The number of nitrogens with two attached hydrogens (primary N) is 1. The predicted molar refractivity (Wildman–Crippen MR) is 58.3 cm³/mol. The number of hydrogen-bond acceptors (Lipinski definition) is 2. The minimum Gasteiger partial charge on any atom is -0.491 e. The van der Waals surface area contributed by atoms with Crippen molar-refractivity contribution in [3.63, 3.8) is 0 Å². The first-order valence-corrected chi connectivity index (χ1v) is 5.19. The molecule has 1 aromatic rings. The summed E-state index contributed by atoms with van der Waals surface area (Å²) in [7, 11) is 0. The van der Waals surface area contributed by atoms with E-state index in [1.165, 1.54) is 0 Å². The summed E-state index contributed by atoms with van der Waals surface area (Å²) < 4.78 is 6.32. The van der Waals surface area contributed by atoms with Gasteiger partial charge >= 0.3 is 0 Å². The lowest BCUT2D eigenvalue weighted by Crippen LogP contribution is -2.06. The van der Waals surface area contributed by atoms with Gasteiger partial charge in [0, 0.05) is 0 Å². The van der Waals surface area contributed by atoms with Crippen molar-refractivity contribution < 1.29 is 4.74 Å².